The highest BCUT2D eigenvalue weighted by Crippen LogP contribution is 2.36. The minimum Gasteiger partial charge on any atom is -0.493 e. The molecular formula is C33H31N3O6S. The van der Waals surface area contributed by atoms with Gasteiger partial charge in [0.15, 0.2) is 22.9 Å². The smallest absolute Gasteiger partial charge is 0.338 e. The lowest BCUT2D eigenvalue weighted by Gasteiger charge is -2.25. The van der Waals surface area contributed by atoms with Gasteiger partial charge in [-0.2, -0.15) is 5.26 Å². The van der Waals surface area contributed by atoms with Gasteiger partial charge in [0.1, 0.15) is 11.8 Å². The second-order valence-corrected chi connectivity index (χ2v) is 11.0. The number of allylic oxidation sites excluding steroid dienone is 1. The van der Waals surface area contributed by atoms with Crippen molar-refractivity contribution in [3.05, 3.63) is 96.7 Å². The summed E-state index contributed by atoms with van der Waals surface area (Å²) in [6.07, 6.45) is 1.69. The number of fused-ring (bicyclic) bond motifs is 2. The van der Waals surface area contributed by atoms with E-state index in [1.54, 1.807) is 45.2 Å². The number of nitriles is 1. The predicted octanol–water partition coefficient (Wildman–Crippen LogP) is 4.65. The highest BCUT2D eigenvalue weighted by atomic mass is 32.1. The summed E-state index contributed by atoms with van der Waals surface area (Å²) in [5, 5.41) is 11.0. The first-order valence-electron chi connectivity index (χ1n) is 13.8. The Morgan fingerprint density at radius 2 is 1.91 bits per heavy atom. The van der Waals surface area contributed by atoms with E-state index in [9.17, 15) is 9.59 Å². The van der Waals surface area contributed by atoms with Crippen LogP contribution in [-0.4, -0.2) is 37.0 Å². The molecule has 9 nitrogen and oxygen atoms in total. The Bertz CT molecular complexity index is 1970. The lowest BCUT2D eigenvalue weighted by atomic mass is 9.95. The second-order valence-electron chi connectivity index (χ2n) is 10.0. The fourth-order valence-electron chi connectivity index (χ4n) is 5.10. The van der Waals surface area contributed by atoms with Crippen molar-refractivity contribution in [3.63, 3.8) is 0 Å². The molecule has 1 aliphatic heterocycles. The highest BCUT2D eigenvalue weighted by Gasteiger charge is 2.34. The third-order valence-electron chi connectivity index (χ3n) is 6.88. The fraction of sp³-hybridized carbons (Fsp3) is 0.273. The molecule has 1 aromatic heterocycles. The van der Waals surface area contributed by atoms with Crippen LogP contribution in [0, 0.1) is 11.3 Å². The van der Waals surface area contributed by atoms with Gasteiger partial charge in [-0.3, -0.25) is 9.36 Å². The molecule has 4 aromatic rings. The molecule has 10 heteroatoms. The van der Waals surface area contributed by atoms with E-state index < -0.39 is 12.0 Å². The Morgan fingerprint density at radius 1 is 1.14 bits per heavy atom. The van der Waals surface area contributed by atoms with E-state index in [-0.39, 0.29) is 30.5 Å². The molecule has 0 fully saturated rings. The SMILES string of the molecule is CCOC(=O)C1=C(C)N=c2s/c(=C/c3c(OCC#N)ccc4ccccc34)c(=O)n2[C@@H]1c1ccc(OC(C)C)c(OC)c1. The Labute approximate surface area is 252 Å². The van der Waals surface area contributed by atoms with Crippen LogP contribution in [0.5, 0.6) is 17.2 Å². The Kier molecular flexibility index (Phi) is 8.64. The number of esters is 1. The van der Waals surface area contributed by atoms with Crippen molar-refractivity contribution < 1.29 is 23.7 Å². The van der Waals surface area contributed by atoms with E-state index in [4.69, 9.17) is 24.2 Å². The number of hydrogen-bond donors (Lipinski definition) is 0. The van der Waals surface area contributed by atoms with Crippen LogP contribution in [0.4, 0.5) is 0 Å². The standard InChI is InChI=1S/C33H31N3O6S/c1-6-40-32(38)29-20(4)35-33-36(30(29)22-12-14-26(42-19(2)3)27(17-22)39-5)31(37)28(43-33)18-24-23-10-8-7-9-21(23)11-13-25(24)41-16-15-34/h7-14,17-19,30H,6,16H2,1-5H3/b28-18+/t30-/m1/s1. The zero-order valence-electron chi connectivity index (χ0n) is 24.5. The first kappa shape index (κ1) is 29.6. The normalized spacial score (nSPS) is 14.7. The van der Waals surface area contributed by atoms with Gasteiger partial charge in [0.05, 0.1) is 41.7 Å². The van der Waals surface area contributed by atoms with Crippen molar-refractivity contribution in [2.45, 2.75) is 39.8 Å². The lowest BCUT2D eigenvalue weighted by molar-refractivity contribution is -0.139. The molecule has 0 spiro atoms. The van der Waals surface area contributed by atoms with E-state index in [0.29, 0.717) is 43.4 Å². The number of methoxy groups -OCH3 is 1. The van der Waals surface area contributed by atoms with Crippen LogP contribution in [0.3, 0.4) is 0 Å². The molecule has 0 bridgehead atoms. The molecule has 5 rings (SSSR count). The predicted molar refractivity (Wildman–Crippen MR) is 164 cm³/mol. The third-order valence-corrected chi connectivity index (χ3v) is 7.86. The van der Waals surface area contributed by atoms with Crippen LogP contribution in [0.2, 0.25) is 0 Å². The van der Waals surface area contributed by atoms with E-state index in [2.05, 4.69) is 4.99 Å². The number of aromatic nitrogens is 1. The molecule has 0 saturated heterocycles. The van der Waals surface area contributed by atoms with Crippen molar-refractivity contribution in [2.24, 2.45) is 4.99 Å². The largest absolute Gasteiger partial charge is 0.493 e. The molecule has 0 amide bonds. The summed E-state index contributed by atoms with van der Waals surface area (Å²) in [7, 11) is 1.54. The molecule has 1 atom stereocenters. The number of carbonyl (C=O) groups excluding carboxylic acids is 1. The number of nitrogens with zero attached hydrogens (tertiary/aromatic N) is 3. The first-order chi connectivity index (χ1) is 20.8. The van der Waals surface area contributed by atoms with Gasteiger partial charge in [-0.15, -0.1) is 0 Å². The fourth-order valence-corrected chi connectivity index (χ4v) is 6.13. The summed E-state index contributed by atoms with van der Waals surface area (Å²) in [6, 6.07) is 18.0. The van der Waals surface area contributed by atoms with Crippen LogP contribution in [-0.2, 0) is 9.53 Å². The van der Waals surface area contributed by atoms with Crippen molar-refractivity contribution in [3.8, 4) is 23.3 Å². The minimum absolute atomic E-state index is 0.0780. The second kappa shape index (κ2) is 12.5. The molecule has 0 unspecified atom stereocenters. The number of ether oxygens (including phenoxy) is 4. The summed E-state index contributed by atoms with van der Waals surface area (Å²) in [5.41, 5.74) is 1.71. The molecule has 1 aliphatic rings. The zero-order chi connectivity index (χ0) is 30.7. The highest BCUT2D eigenvalue weighted by molar-refractivity contribution is 7.07. The maximum atomic E-state index is 14.2. The van der Waals surface area contributed by atoms with Crippen molar-refractivity contribution in [1.29, 1.82) is 5.26 Å². The van der Waals surface area contributed by atoms with Gasteiger partial charge in [0, 0.05) is 5.56 Å². The summed E-state index contributed by atoms with van der Waals surface area (Å²) < 4.78 is 24.6. The molecule has 0 aliphatic carbocycles. The molecule has 43 heavy (non-hydrogen) atoms. The summed E-state index contributed by atoms with van der Waals surface area (Å²) >= 11 is 1.21. The van der Waals surface area contributed by atoms with Gasteiger partial charge in [0.2, 0.25) is 0 Å². The van der Waals surface area contributed by atoms with Crippen molar-refractivity contribution in [2.75, 3.05) is 20.3 Å². The summed E-state index contributed by atoms with van der Waals surface area (Å²) in [5.74, 6) is 0.955. The average Bonchev–Trinajstić information content (AvgIpc) is 3.29. The van der Waals surface area contributed by atoms with Crippen molar-refractivity contribution >= 4 is 34.2 Å². The van der Waals surface area contributed by atoms with Gasteiger partial charge >= 0.3 is 5.97 Å². The van der Waals surface area contributed by atoms with Crippen LogP contribution in [0.1, 0.15) is 44.9 Å². The summed E-state index contributed by atoms with van der Waals surface area (Å²) in [4.78, 5) is 32.6. The van der Waals surface area contributed by atoms with Gasteiger partial charge < -0.3 is 18.9 Å². The molecule has 0 saturated carbocycles. The Balaban J connectivity index is 1.76. The topological polar surface area (TPSA) is 112 Å². The maximum Gasteiger partial charge on any atom is 0.338 e. The molecule has 0 N–H and O–H groups in total. The monoisotopic (exact) mass is 597 g/mol. The number of hydrogen-bond acceptors (Lipinski definition) is 9. The van der Waals surface area contributed by atoms with Gasteiger partial charge in [0.25, 0.3) is 5.56 Å². The number of thiazole rings is 1. The van der Waals surface area contributed by atoms with Crippen LogP contribution in [0.25, 0.3) is 16.8 Å². The first-order valence-corrected chi connectivity index (χ1v) is 14.6. The molecule has 3 aromatic carbocycles. The van der Waals surface area contributed by atoms with Crippen molar-refractivity contribution in [1.82, 2.24) is 4.57 Å². The van der Waals surface area contributed by atoms with Crippen LogP contribution < -0.4 is 29.1 Å². The minimum atomic E-state index is -0.818. The van der Waals surface area contributed by atoms with E-state index in [1.165, 1.54) is 15.9 Å². The van der Waals surface area contributed by atoms with E-state index in [1.807, 2.05) is 56.3 Å². The summed E-state index contributed by atoms with van der Waals surface area (Å²) in [6.45, 7) is 7.34. The third kappa shape index (κ3) is 5.76. The molecule has 220 valence electrons. The van der Waals surface area contributed by atoms with Crippen LogP contribution >= 0.6 is 11.3 Å². The number of benzene rings is 3. The quantitative estimate of drug-likeness (QED) is 0.258. The van der Waals surface area contributed by atoms with Gasteiger partial charge in [-0.25, -0.2) is 9.79 Å². The van der Waals surface area contributed by atoms with Gasteiger partial charge in [-0.05, 0) is 68.3 Å². The van der Waals surface area contributed by atoms with Crippen LogP contribution in [0.15, 0.2) is 75.7 Å². The molecular weight excluding hydrogens is 566 g/mol. The number of rotatable bonds is 9. The Morgan fingerprint density at radius 3 is 2.63 bits per heavy atom. The Hall–Kier alpha value is -4.88. The molecule has 2 heterocycles. The molecule has 0 radical (unpaired) electrons. The number of carbonyl (C=O) groups is 1. The lowest BCUT2D eigenvalue weighted by Crippen LogP contribution is -2.40. The van der Waals surface area contributed by atoms with E-state index in [0.717, 1.165) is 10.8 Å². The van der Waals surface area contributed by atoms with E-state index >= 15 is 0 Å². The average molecular weight is 598 g/mol. The zero-order valence-corrected chi connectivity index (χ0v) is 25.4. The van der Waals surface area contributed by atoms with Gasteiger partial charge in [-0.1, -0.05) is 47.7 Å². The maximum absolute atomic E-state index is 14.2.